The number of hydrogen-bond donors (Lipinski definition) is 1. The molecule has 1 atom stereocenters. The first kappa shape index (κ1) is 15.0. The SMILES string of the molecule is CC(CN(C(=O)Cc1ccccc1Br)C1CC1)C(=O)O. The molecule has 4 nitrogen and oxygen atoms in total. The van der Waals surface area contributed by atoms with Crippen molar-refractivity contribution in [2.75, 3.05) is 6.54 Å². The lowest BCUT2D eigenvalue weighted by molar-refractivity contribution is -0.143. The predicted molar refractivity (Wildman–Crippen MR) is 79.4 cm³/mol. The van der Waals surface area contributed by atoms with Gasteiger partial charge in [0.2, 0.25) is 5.91 Å². The number of halogens is 1. The van der Waals surface area contributed by atoms with Crippen LogP contribution in [-0.2, 0) is 16.0 Å². The quantitative estimate of drug-likeness (QED) is 0.866. The van der Waals surface area contributed by atoms with Crippen molar-refractivity contribution in [3.8, 4) is 0 Å². The summed E-state index contributed by atoms with van der Waals surface area (Å²) in [6.07, 6.45) is 2.27. The Bertz CT molecular complexity index is 514. The second-order valence-electron chi connectivity index (χ2n) is 5.28. The van der Waals surface area contributed by atoms with E-state index in [1.165, 1.54) is 0 Å². The van der Waals surface area contributed by atoms with Gasteiger partial charge < -0.3 is 10.0 Å². The van der Waals surface area contributed by atoms with Gasteiger partial charge >= 0.3 is 5.97 Å². The molecule has 1 amide bonds. The van der Waals surface area contributed by atoms with E-state index in [1.807, 2.05) is 24.3 Å². The molecule has 1 aromatic rings. The van der Waals surface area contributed by atoms with Gasteiger partial charge in [-0.2, -0.15) is 0 Å². The summed E-state index contributed by atoms with van der Waals surface area (Å²) in [6, 6.07) is 7.85. The summed E-state index contributed by atoms with van der Waals surface area (Å²) in [5, 5.41) is 9.00. The minimum atomic E-state index is -0.857. The van der Waals surface area contributed by atoms with Crippen molar-refractivity contribution in [2.24, 2.45) is 5.92 Å². The number of aliphatic carboxylic acids is 1. The maximum Gasteiger partial charge on any atom is 0.308 e. The molecule has 5 heteroatoms. The summed E-state index contributed by atoms with van der Waals surface area (Å²) >= 11 is 3.44. The Morgan fingerprint density at radius 1 is 1.40 bits per heavy atom. The normalized spacial score (nSPS) is 15.7. The fourth-order valence-electron chi connectivity index (χ4n) is 2.12. The zero-order valence-electron chi connectivity index (χ0n) is 11.4. The monoisotopic (exact) mass is 339 g/mol. The highest BCUT2D eigenvalue weighted by atomic mass is 79.9. The number of amides is 1. The van der Waals surface area contributed by atoms with Crippen molar-refractivity contribution in [2.45, 2.75) is 32.2 Å². The third-order valence-electron chi connectivity index (χ3n) is 3.50. The number of hydrogen-bond acceptors (Lipinski definition) is 2. The maximum atomic E-state index is 12.4. The Balaban J connectivity index is 2.04. The molecule has 2 rings (SSSR count). The van der Waals surface area contributed by atoms with E-state index in [0.717, 1.165) is 22.9 Å². The molecule has 1 unspecified atom stereocenters. The highest BCUT2D eigenvalue weighted by Crippen LogP contribution is 2.29. The second kappa shape index (κ2) is 6.39. The lowest BCUT2D eigenvalue weighted by atomic mass is 10.1. The van der Waals surface area contributed by atoms with E-state index >= 15 is 0 Å². The van der Waals surface area contributed by atoms with Crippen LogP contribution < -0.4 is 0 Å². The molecular weight excluding hydrogens is 322 g/mol. The van der Waals surface area contributed by atoms with Crippen molar-refractivity contribution >= 4 is 27.8 Å². The number of carbonyl (C=O) groups excluding carboxylic acids is 1. The number of rotatable bonds is 6. The van der Waals surface area contributed by atoms with Gasteiger partial charge in [-0.05, 0) is 24.5 Å². The fraction of sp³-hybridized carbons (Fsp3) is 0.467. The average molecular weight is 340 g/mol. The first-order valence-corrected chi connectivity index (χ1v) is 7.54. The molecule has 20 heavy (non-hydrogen) atoms. The Kier molecular flexibility index (Phi) is 4.81. The van der Waals surface area contributed by atoms with E-state index in [0.29, 0.717) is 13.0 Å². The molecule has 0 spiro atoms. The molecule has 0 aromatic heterocycles. The van der Waals surface area contributed by atoms with Gasteiger partial charge in [-0.25, -0.2) is 0 Å². The summed E-state index contributed by atoms with van der Waals surface area (Å²) < 4.78 is 0.912. The molecule has 1 saturated carbocycles. The Hall–Kier alpha value is -1.36. The van der Waals surface area contributed by atoms with Gasteiger partial charge in [0.25, 0.3) is 0 Å². The van der Waals surface area contributed by atoms with Crippen LogP contribution in [-0.4, -0.2) is 34.5 Å². The van der Waals surface area contributed by atoms with Gasteiger partial charge in [-0.1, -0.05) is 41.1 Å². The summed E-state index contributed by atoms with van der Waals surface area (Å²) in [6.45, 7) is 1.94. The average Bonchev–Trinajstić information content (AvgIpc) is 3.22. The maximum absolute atomic E-state index is 12.4. The van der Waals surface area contributed by atoms with E-state index in [9.17, 15) is 9.59 Å². The summed E-state index contributed by atoms with van der Waals surface area (Å²) in [5.41, 5.74) is 0.936. The van der Waals surface area contributed by atoms with Crippen LogP contribution in [0.15, 0.2) is 28.7 Å². The van der Waals surface area contributed by atoms with E-state index in [-0.39, 0.29) is 11.9 Å². The topological polar surface area (TPSA) is 57.6 Å². The molecule has 1 aliphatic rings. The number of benzene rings is 1. The van der Waals surface area contributed by atoms with Gasteiger partial charge in [0, 0.05) is 17.1 Å². The summed E-state index contributed by atoms with van der Waals surface area (Å²) in [7, 11) is 0. The molecule has 0 saturated heterocycles. The number of carboxylic acids is 1. The van der Waals surface area contributed by atoms with Gasteiger partial charge in [0.05, 0.1) is 12.3 Å². The van der Waals surface area contributed by atoms with Crippen LogP contribution in [0.25, 0.3) is 0 Å². The lowest BCUT2D eigenvalue weighted by Crippen LogP contribution is -2.39. The zero-order valence-corrected chi connectivity index (χ0v) is 13.0. The van der Waals surface area contributed by atoms with Crippen LogP contribution in [0.4, 0.5) is 0 Å². The number of carboxylic acid groups (broad SMARTS) is 1. The van der Waals surface area contributed by atoms with Gasteiger partial charge in [0.15, 0.2) is 0 Å². The summed E-state index contributed by atoms with van der Waals surface area (Å²) in [4.78, 5) is 25.1. The van der Waals surface area contributed by atoms with Gasteiger partial charge in [-0.3, -0.25) is 9.59 Å². The lowest BCUT2D eigenvalue weighted by Gasteiger charge is -2.24. The highest BCUT2D eigenvalue weighted by Gasteiger charge is 2.34. The summed E-state index contributed by atoms with van der Waals surface area (Å²) in [5.74, 6) is -1.38. The third-order valence-corrected chi connectivity index (χ3v) is 4.27. The second-order valence-corrected chi connectivity index (χ2v) is 6.14. The number of nitrogens with zero attached hydrogens (tertiary/aromatic N) is 1. The van der Waals surface area contributed by atoms with Gasteiger partial charge in [0.1, 0.15) is 0 Å². The fourth-order valence-corrected chi connectivity index (χ4v) is 2.55. The van der Waals surface area contributed by atoms with E-state index in [1.54, 1.807) is 11.8 Å². The molecule has 0 bridgehead atoms. The molecule has 1 aliphatic carbocycles. The minimum absolute atomic E-state index is 0.00694. The molecule has 1 fully saturated rings. The molecule has 1 aromatic carbocycles. The molecule has 108 valence electrons. The van der Waals surface area contributed by atoms with Crippen LogP contribution in [0.2, 0.25) is 0 Å². The smallest absolute Gasteiger partial charge is 0.308 e. The van der Waals surface area contributed by atoms with Crippen molar-refractivity contribution in [1.29, 1.82) is 0 Å². The first-order valence-electron chi connectivity index (χ1n) is 6.74. The molecular formula is C15H18BrNO3. The van der Waals surface area contributed by atoms with Crippen molar-refractivity contribution in [1.82, 2.24) is 4.90 Å². The first-order chi connectivity index (χ1) is 9.49. The largest absolute Gasteiger partial charge is 0.481 e. The van der Waals surface area contributed by atoms with Crippen molar-refractivity contribution in [3.63, 3.8) is 0 Å². The van der Waals surface area contributed by atoms with Crippen LogP contribution in [0.3, 0.4) is 0 Å². The third kappa shape index (κ3) is 3.82. The standard InChI is InChI=1S/C15H18BrNO3/c1-10(15(19)20)9-17(12-6-7-12)14(18)8-11-4-2-3-5-13(11)16/h2-5,10,12H,6-9H2,1H3,(H,19,20). The van der Waals surface area contributed by atoms with E-state index in [4.69, 9.17) is 5.11 Å². The van der Waals surface area contributed by atoms with Gasteiger partial charge in [-0.15, -0.1) is 0 Å². The molecule has 0 heterocycles. The Morgan fingerprint density at radius 3 is 2.60 bits per heavy atom. The predicted octanol–water partition coefficient (Wildman–Crippen LogP) is 2.70. The Morgan fingerprint density at radius 2 is 2.05 bits per heavy atom. The highest BCUT2D eigenvalue weighted by molar-refractivity contribution is 9.10. The number of carbonyl (C=O) groups is 2. The van der Waals surface area contributed by atoms with Crippen LogP contribution in [0.5, 0.6) is 0 Å². The molecule has 1 N–H and O–H groups in total. The van der Waals surface area contributed by atoms with E-state index in [2.05, 4.69) is 15.9 Å². The van der Waals surface area contributed by atoms with Crippen LogP contribution in [0, 0.1) is 5.92 Å². The van der Waals surface area contributed by atoms with Crippen LogP contribution in [0.1, 0.15) is 25.3 Å². The van der Waals surface area contributed by atoms with Crippen molar-refractivity contribution < 1.29 is 14.7 Å². The zero-order chi connectivity index (χ0) is 14.7. The molecule has 0 aliphatic heterocycles. The van der Waals surface area contributed by atoms with E-state index < -0.39 is 11.9 Å². The van der Waals surface area contributed by atoms with Crippen molar-refractivity contribution in [3.05, 3.63) is 34.3 Å². The molecule has 0 radical (unpaired) electrons. The Labute approximate surface area is 126 Å². The van der Waals surface area contributed by atoms with Crippen LogP contribution >= 0.6 is 15.9 Å². The minimum Gasteiger partial charge on any atom is -0.481 e.